The average molecular weight is 692 g/mol. The van der Waals surface area contributed by atoms with Gasteiger partial charge in [-0.25, -0.2) is 14.3 Å². The highest BCUT2D eigenvalue weighted by Gasteiger charge is 2.29. The predicted octanol–water partition coefficient (Wildman–Crippen LogP) is 1.37. The summed E-state index contributed by atoms with van der Waals surface area (Å²) >= 11 is 0. The van der Waals surface area contributed by atoms with Crippen LogP contribution in [0.1, 0.15) is 34.5 Å². The third kappa shape index (κ3) is 9.10. The number of nitrogens with one attached hydrogen (secondary N) is 1. The van der Waals surface area contributed by atoms with Gasteiger partial charge in [-0.2, -0.15) is 5.10 Å². The van der Waals surface area contributed by atoms with E-state index in [4.69, 9.17) is 9.84 Å². The Morgan fingerprint density at radius 1 is 0.860 bits per heavy atom. The summed E-state index contributed by atoms with van der Waals surface area (Å²) in [6, 6.07) is 11.6. The second-order valence-electron chi connectivity index (χ2n) is 13.5. The average Bonchev–Trinajstić information content (AvgIpc) is 3.13. The van der Waals surface area contributed by atoms with Gasteiger partial charge in [0, 0.05) is 77.3 Å². The van der Waals surface area contributed by atoms with E-state index < -0.39 is 17.7 Å². The topological polar surface area (TPSA) is 143 Å². The summed E-state index contributed by atoms with van der Waals surface area (Å²) < 4.78 is 20.1. The molecule has 50 heavy (non-hydrogen) atoms. The lowest BCUT2D eigenvalue weighted by Crippen LogP contribution is -2.55. The molecular weight excluding hydrogens is 645 g/mol. The third-order valence-electron chi connectivity index (χ3n) is 10.2. The third-order valence-corrected chi connectivity index (χ3v) is 10.2. The number of H-pyrrole nitrogens is 1. The molecule has 14 heteroatoms. The first-order valence-corrected chi connectivity index (χ1v) is 17.5. The number of aromatic amines is 1. The lowest BCUT2D eigenvalue weighted by Gasteiger charge is -2.40. The standard InChI is InChI=1S/C36H46FN7O6/c37-31-6-5-27(22-32-28-3-1-2-4-29(28)35(48)39-38-32)21-30(31)36(49)44-17-15-43(16-18-44)33(45)24-42-13-11-41(12-14-42)23-26-7-9-40(10-8-26)19-20-50-25-34(46)47/h1-6,21,26H,7-20,22-25H2,(H,39,48)(H,46,47). The van der Waals surface area contributed by atoms with E-state index >= 15 is 0 Å². The van der Waals surface area contributed by atoms with E-state index in [1.165, 1.54) is 6.07 Å². The molecule has 3 saturated heterocycles. The number of carboxylic acids is 1. The number of aromatic nitrogens is 2. The van der Waals surface area contributed by atoms with Gasteiger partial charge in [-0.15, -0.1) is 0 Å². The summed E-state index contributed by atoms with van der Waals surface area (Å²) in [6.45, 7) is 9.40. The van der Waals surface area contributed by atoms with Crippen LogP contribution in [0.15, 0.2) is 47.3 Å². The summed E-state index contributed by atoms with van der Waals surface area (Å²) in [5.41, 5.74) is 1.05. The molecule has 13 nitrogen and oxygen atoms in total. The van der Waals surface area contributed by atoms with Gasteiger partial charge in [-0.3, -0.25) is 19.3 Å². The van der Waals surface area contributed by atoms with Crippen molar-refractivity contribution in [3.8, 4) is 0 Å². The fourth-order valence-electron chi connectivity index (χ4n) is 7.21. The van der Waals surface area contributed by atoms with Crippen LogP contribution in [0.2, 0.25) is 0 Å². The Morgan fingerprint density at radius 2 is 1.54 bits per heavy atom. The molecule has 6 rings (SSSR count). The van der Waals surface area contributed by atoms with E-state index in [1.807, 2.05) is 12.1 Å². The van der Waals surface area contributed by atoms with Crippen LogP contribution in [0.25, 0.3) is 10.8 Å². The van der Waals surface area contributed by atoms with Crippen molar-refractivity contribution in [3.63, 3.8) is 0 Å². The largest absolute Gasteiger partial charge is 0.480 e. The highest BCUT2D eigenvalue weighted by molar-refractivity contribution is 5.95. The number of rotatable bonds is 12. The Balaban J connectivity index is 0.917. The maximum Gasteiger partial charge on any atom is 0.329 e. The number of carbonyl (C=O) groups excluding carboxylic acids is 2. The Hall–Kier alpha value is -4.24. The molecular formula is C36H46FN7O6. The van der Waals surface area contributed by atoms with Crippen molar-refractivity contribution in [3.05, 3.63) is 75.5 Å². The molecule has 0 aliphatic carbocycles. The van der Waals surface area contributed by atoms with Crippen LogP contribution in [0, 0.1) is 11.7 Å². The number of likely N-dealkylation sites (tertiary alicyclic amines) is 1. The Kier molecular flexibility index (Phi) is 11.8. The number of hydrogen-bond donors (Lipinski definition) is 2. The van der Waals surface area contributed by atoms with E-state index in [-0.39, 0.29) is 23.6 Å². The van der Waals surface area contributed by atoms with Gasteiger partial charge in [0.05, 0.1) is 29.8 Å². The molecule has 2 amide bonds. The van der Waals surface area contributed by atoms with Gasteiger partial charge >= 0.3 is 5.97 Å². The molecule has 0 atom stereocenters. The minimum Gasteiger partial charge on any atom is -0.480 e. The number of ether oxygens (including phenoxy) is 1. The number of carbonyl (C=O) groups is 3. The summed E-state index contributed by atoms with van der Waals surface area (Å²) in [5.74, 6) is -1.24. The zero-order chi connectivity index (χ0) is 35.0. The first kappa shape index (κ1) is 35.6. The molecule has 0 radical (unpaired) electrons. The number of aliphatic carboxylic acids is 1. The molecule has 2 aromatic carbocycles. The maximum absolute atomic E-state index is 14.9. The number of halogens is 1. The molecule has 3 aliphatic rings. The number of amides is 2. The molecule has 3 fully saturated rings. The monoisotopic (exact) mass is 691 g/mol. The highest BCUT2D eigenvalue weighted by atomic mass is 19.1. The van der Waals surface area contributed by atoms with Gasteiger partial charge in [0.1, 0.15) is 12.4 Å². The van der Waals surface area contributed by atoms with Gasteiger partial charge in [0.25, 0.3) is 11.5 Å². The summed E-state index contributed by atoms with van der Waals surface area (Å²) in [4.78, 5) is 59.8. The maximum atomic E-state index is 14.9. The summed E-state index contributed by atoms with van der Waals surface area (Å²) in [7, 11) is 0. The molecule has 0 unspecified atom stereocenters. The van der Waals surface area contributed by atoms with Crippen molar-refractivity contribution in [2.24, 2.45) is 5.92 Å². The molecule has 3 aromatic rings. The predicted molar refractivity (Wildman–Crippen MR) is 185 cm³/mol. The number of piperidine rings is 1. The van der Waals surface area contributed by atoms with Crippen LogP contribution < -0.4 is 5.56 Å². The number of nitrogens with zero attached hydrogens (tertiary/aromatic N) is 6. The second-order valence-corrected chi connectivity index (χ2v) is 13.5. The van der Waals surface area contributed by atoms with E-state index in [0.717, 1.165) is 65.2 Å². The van der Waals surface area contributed by atoms with Gasteiger partial charge in [-0.1, -0.05) is 24.3 Å². The molecule has 0 spiro atoms. The van der Waals surface area contributed by atoms with E-state index in [1.54, 1.807) is 34.1 Å². The lowest BCUT2D eigenvalue weighted by atomic mass is 9.96. The van der Waals surface area contributed by atoms with Crippen molar-refractivity contribution < 1.29 is 28.6 Å². The minimum absolute atomic E-state index is 0.0120. The van der Waals surface area contributed by atoms with Crippen LogP contribution in [-0.4, -0.2) is 156 Å². The molecule has 0 bridgehead atoms. The quantitative estimate of drug-likeness (QED) is 0.268. The number of hydrogen-bond acceptors (Lipinski definition) is 9. The van der Waals surface area contributed by atoms with E-state index in [9.17, 15) is 23.6 Å². The zero-order valence-corrected chi connectivity index (χ0v) is 28.4. The van der Waals surface area contributed by atoms with Crippen molar-refractivity contribution in [1.82, 2.24) is 34.7 Å². The van der Waals surface area contributed by atoms with E-state index in [0.29, 0.717) is 73.7 Å². The summed E-state index contributed by atoms with van der Waals surface area (Å²) in [5, 5.41) is 16.7. The van der Waals surface area contributed by atoms with Crippen molar-refractivity contribution in [2.75, 3.05) is 98.3 Å². The smallest absolute Gasteiger partial charge is 0.329 e. The van der Waals surface area contributed by atoms with E-state index in [2.05, 4.69) is 24.9 Å². The van der Waals surface area contributed by atoms with Gasteiger partial charge in [0.15, 0.2) is 0 Å². The Labute approximate surface area is 290 Å². The normalized spacial score (nSPS) is 18.5. The Bertz CT molecular complexity index is 1710. The molecule has 268 valence electrons. The number of benzene rings is 2. The number of carboxylic acid groups (broad SMARTS) is 1. The number of piperazine rings is 2. The first-order valence-electron chi connectivity index (χ1n) is 17.5. The fourth-order valence-corrected chi connectivity index (χ4v) is 7.21. The fraction of sp³-hybridized carbons (Fsp3) is 0.528. The van der Waals surface area contributed by atoms with Crippen molar-refractivity contribution in [1.29, 1.82) is 0 Å². The summed E-state index contributed by atoms with van der Waals surface area (Å²) in [6.07, 6.45) is 2.56. The Morgan fingerprint density at radius 3 is 2.26 bits per heavy atom. The van der Waals surface area contributed by atoms with Crippen LogP contribution in [0.4, 0.5) is 4.39 Å². The van der Waals surface area contributed by atoms with Gasteiger partial charge < -0.3 is 29.4 Å². The molecule has 2 N–H and O–H groups in total. The minimum atomic E-state index is -0.938. The molecule has 1 aromatic heterocycles. The zero-order valence-electron chi connectivity index (χ0n) is 28.4. The van der Waals surface area contributed by atoms with Crippen LogP contribution in [0.5, 0.6) is 0 Å². The lowest BCUT2D eigenvalue weighted by molar-refractivity contribution is -0.142. The van der Waals surface area contributed by atoms with Gasteiger partial charge in [-0.05, 0) is 55.6 Å². The number of fused-ring (bicyclic) bond motifs is 1. The van der Waals surface area contributed by atoms with Crippen molar-refractivity contribution in [2.45, 2.75) is 19.3 Å². The van der Waals surface area contributed by atoms with Gasteiger partial charge in [0.2, 0.25) is 5.91 Å². The molecule has 0 saturated carbocycles. The molecule has 3 aliphatic heterocycles. The first-order chi connectivity index (χ1) is 24.2. The molecule has 4 heterocycles. The highest BCUT2D eigenvalue weighted by Crippen LogP contribution is 2.21. The van der Waals surface area contributed by atoms with Crippen LogP contribution in [0.3, 0.4) is 0 Å². The van der Waals surface area contributed by atoms with Crippen LogP contribution in [-0.2, 0) is 20.7 Å². The second kappa shape index (κ2) is 16.6. The van der Waals surface area contributed by atoms with Crippen LogP contribution >= 0.6 is 0 Å². The SMILES string of the molecule is O=C(O)COCCN1CCC(CN2CCN(CC(=O)N3CCN(C(=O)c4cc(Cc5n[nH]c(=O)c6ccccc56)ccc4F)CC3)CC2)CC1. The van der Waals surface area contributed by atoms with Crippen molar-refractivity contribution >= 4 is 28.6 Å².